The Balaban J connectivity index is 1.91. The van der Waals surface area contributed by atoms with Gasteiger partial charge in [-0.05, 0) is 25.5 Å². The Bertz CT molecular complexity index is 525. The number of benzene rings is 1. The zero-order valence-corrected chi connectivity index (χ0v) is 12.9. The van der Waals surface area contributed by atoms with Crippen LogP contribution in [-0.4, -0.2) is 42.0 Å². The second kappa shape index (κ2) is 6.91. The summed E-state index contributed by atoms with van der Waals surface area (Å²) in [5.74, 6) is -1.14. The van der Waals surface area contributed by atoms with Gasteiger partial charge in [-0.15, -0.1) is 0 Å². The summed E-state index contributed by atoms with van der Waals surface area (Å²) < 4.78 is 5.55. The van der Waals surface area contributed by atoms with Crippen LogP contribution >= 0.6 is 11.6 Å². The third-order valence-electron chi connectivity index (χ3n) is 3.30. The fourth-order valence-electron chi connectivity index (χ4n) is 2.38. The molecule has 1 aromatic rings. The molecular formula is C15H19ClN2O3. The highest BCUT2D eigenvalue weighted by Crippen LogP contribution is 2.14. The van der Waals surface area contributed by atoms with Crippen molar-refractivity contribution < 1.29 is 14.3 Å². The molecule has 2 atom stereocenters. The lowest BCUT2D eigenvalue weighted by atomic mass is 10.2. The smallest absolute Gasteiger partial charge is 0.312 e. The van der Waals surface area contributed by atoms with E-state index in [9.17, 15) is 9.59 Å². The molecule has 2 rings (SSSR count). The van der Waals surface area contributed by atoms with Crippen LogP contribution in [0.15, 0.2) is 24.3 Å². The Labute approximate surface area is 129 Å². The van der Waals surface area contributed by atoms with Gasteiger partial charge >= 0.3 is 11.8 Å². The lowest BCUT2D eigenvalue weighted by Crippen LogP contribution is -2.52. The van der Waals surface area contributed by atoms with Gasteiger partial charge in [-0.1, -0.05) is 29.8 Å². The molecule has 0 spiro atoms. The van der Waals surface area contributed by atoms with Gasteiger partial charge in [0.2, 0.25) is 0 Å². The van der Waals surface area contributed by atoms with Gasteiger partial charge in [0, 0.05) is 24.7 Å². The SMILES string of the molecule is CC1CN(C(=O)C(=O)NCc2ccccc2Cl)CC(C)O1. The number of amides is 2. The van der Waals surface area contributed by atoms with Crippen molar-refractivity contribution in [2.24, 2.45) is 0 Å². The zero-order chi connectivity index (χ0) is 15.4. The van der Waals surface area contributed by atoms with Crippen LogP contribution in [0.4, 0.5) is 0 Å². The summed E-state index contributed by atoms with van der Waals surface area (Å²) in [5.41, 5.74) is 0.782. The van der Waals surface area contributed by atoms with Crippen molar-refractivity contribution >= 4 is 23.4 Å². The van der Waals surface area contributed by atoms with Gasteiger partial charge in [0.15, 0.2) is 0 Å². The molecule has 0 saturated carbocycles. The first-order valence-electron chi connectivity index (χ1n) is 6.93. The van der Waals surface area contributed by atoms with Crippen LogP contribution in [0.2, 0.25) is 5.02 Å². The van der Waals surface area contributed by atoms with Crippen LogP contribution in [0.25, 0.3) is 0 Å². The summed E-state index contributed by atoms with van der Waals surface area (Å²) in [6.07, 6.45) is -0.122. The van der Waals surface area contributed by atoms with Gasteiger partial charge in [-0.3, -0.25) is 9.59 Å². The normalized spacial score (nSPS) is 22.0. The molecule has 1 saturated heterocycles. The van der Waals surface area contributed by atoms with E-state index >= 15 is 0 Å². The third kappa shape index (κ3) is 4.19. The Morgan fingerprint density at radius 2 is 1.90 bits per heavy atom. The fraction of sp³-hybridized carbons (Fsp3) is 0.467. The maximum Gasteiger partial charge on any atom is 0.312 e. The molecule has 0 aromatic heterocycles. The molecule has 5 nitrogen and oxygen atoms in total. The first-order chi connectivity index (χ1) is 9.97. The van der Waals surface area contributed by atoms with E-state index in [4.69, 9.17) is 16.3 Å². The van der Waals surface area contributed by atoms with Crippen molar-refractivity contribution in [3.8, 4) is 0 Å². The van der Waals surface area contributed by atoms with E-state index in [1.807, 2.05) is 32.0 Å². The number of carbonyl (C=O) groups is 2. The molecule has 1 heterocycles. The van der Waals surface area contributed by atoms with Crippen molar-refractivity contribution in [3.05, 3.63) is 34.9 Å². The first-order valence-corrected chi connectivity index (χ1v) is 7.31. The van der Waals surface area contributed by atoms with Gasteiger partial charge in [0.1, 0.15) is 0 Å². The predicted molar refractivity (Wildman–Crippen MR) is 79.9 cm³/mol. The van der Waals surface area contributed by atoms with Crippen LogP contribution in [-0.2, 0) is 20.9 Å². The molecule has 1 aliphatic heterocycles. The van der Waals surface area contributed by atoms with Crippen LogP contribution in [0, 0.1) is 0 Å². The maximum atomic E-state index is 12.1. The summed E-state index contributed by atoms with van der Waals surface area (Å²) in [6, 6.07) is 7.21. The minimum Gasteiger partial charge on any atom is -0.372 e. The molecule has 1 N–H and O–H groups in total. The Morgan fingerprint density at radius 3 is 2.52 bits per heavy atom. The fourth-order valence-corrected chi connectivity index (χ4v) is 2.58. The Kier molecular flexibility index (Phi) is 5.20. The highest BCUT2D eigenvalue weighted by atomic mass is 35.5. The van der Waals surface area contributed by atoms with Crippen LogP contribution in [0.5, 0.6) is 0 Å². The van der Waals surface area contributed by atoms with Crippen LogP contribution in [0.1, 0.15) is 19.4 Å². The lowest BCUT2D eigenvalue weighted by Gasteiger charge is -2.34. The molecule has 114 valence electrons. The van der Waals surface area contributed by atoms with Crippen molar-refractivity contribution in [2.45, 2.75) is 32.6 Å². The molecule has 2 amide bonds. The van der Waals surface area contributed by atoms with Gasteiger partial charge in [0.05, 0.1) is 12.2 Å². The number of hydrogen-bond donors (Lipinski definition) is 1. The van der Waals surface area contributed by atoms with E-state index < -0.39 is 11.8 Å². The maximum absolute atomic E-state index is 12.1. The van der Waals surface area contributed by atoms with E-state index in [1.165, 1.54) is 4.90 Å². The van der Waals surface area contributed by atoms with Crippen molar-refractivity contribution in [1.29, 1.82) is 0 Å². The highest BCUT2D eigenvalue weighted by molar-refractivity contribution is 6.35. The minimum atomic E-state index is -0.615. The first kappa shape index (κ1) is 15.8. The van der Waals surface area contributed by atoms with Gasteiger partial charge in [0.25, 0.3) is 0 Å². The van der Waals surface area contributed by atoms with Crippen LogP contribution < -0.4 is 5.32 Å². The molecule has 0 radical (unpaired) electrons. The molecule has 1 fully saturated rings. The lowest BCUT2D eigenvalue weighted by molar-refractivity contribution is -0.153. The summed E-state index contributed by atoms with van der Waals surface area (Å²) >= 11 is 6.01. The molecular weight excluding hydrogens is 292 g/mol. The summed E-state index contributed by atoms with van der Waals surface area (Å²) in [6.45, 7) is 4.88. The number of halogens is 1. The van der Waals surface area contributed by atoms with E-state index in [-0.39, 0.29) is 18.8 Å². The third-order valence-corrected chi connectivity index (χ3v) is 3.67. The molecule has 2 unspecified atom stereocenters. The largest absolute Gasteiger partial charge is 0.372 e. The van der Waals surface area contributed by atoms with Gasteiger partial charge in [-0.2, -0.15) is 0 Å². The van der Waals surface area contributed by atoms with Crippen molar-refractivity contribution in [1.82, 2.24) is 10.2 Å². The average molecular weight is 311 g/mol. The predicted octanol–water partition coefficient (Wildman–Crippen LogP) is 1.59. The number of morpholine rings is 1. The van der Waals surface area contributed by atoms with E-state index in [2.05, 4.69) is 5.32 Å². The second-order valence-corrected chi connectivity index (χ2v) is 5.65. The van der Waals surface area contributed by atoms with Crippen LogP contribution in [0.3, 0.4) is 0 Å². The molecule has 21 heavy (non-hydrogen) atoms. The highest BCUT2D eigenvalue weighted by Gasteiger charge is 2.29. The number of nitrogens with one attached hydrogen (secondary N) is 1. The van der Waals surface area contributed by atoms with E-state index in [1.54, 1.807) is 6.07 Å². The number of hydrogen-bond acceptors (Lipinski definition) is 3. The zero-order valence-electron chi connectivity index (χ0n) is 12.1. The average Bonchev–Trinajstić information content (AvgIpc) is 2.44. The minimum absolute atomic E-state index is 0.0610. The molecule has 0 bridgehead atoms. The number of rotatable bonds is 2. The summed E-state index contributed by atoms with van der Waals surface area (Å²) in [4.78, 5) is 25.6. The second-order valence-electron chi connectivity index (χ2n) is 5.24. The molecule has 1 aliphatic rings. The van der Waals surface area contributed by atoms with Gasteiger partial charge < -0.3 is 15.0 Å². The number of carbonyl (C=O) groups excluding carboxylic acids is 2. The standard InChI is InChI=1S/C15H19ClN2O3/c1-10-8-18(9-11(2)21-10)15(20)14(19)17-7-12-5-3-4-6-13(12)16/h3-6,10-11H,7-9H2,1-2H3,(H,17,19). The van der Waals surface area contributed by atoms with Crippen molar-refractivity contribution in [2.75, 3.05) is 13.1 Å². The van der Waals surface area contributed by atoms with Gasteiger partial charge in [-0.25, -0.2) is 0 Å². The summed E-state index contributed by atoms with van der Waals surface area (Å²) in [5, 5.41) is 3.18. The van der Waals surface area contributed by atoms with E-state index in [0.29, 0.717) is 18.1 Å². The number of ether oxygens (including phenoxy) is 1. The molecule has 1 aromatic carbocycles. The monoisotopic (exact) mass is 310 g/mol. The molecule has 6 heteroatoms. The van der Waals surface area contributed by atoms with Crippen molar-refractivity contribution in [3.63, 3.8) is 0 Å². The number of nitrogens with zero attached hydrogens (tertiary/aromatic N) is 1. The Morgan fingerprint density at radius 1 is 1.29 bits per heavy atom. The summed E-state index contributed by atoms with van der Waals surface area (Å²) in [7, 11) is 0. The molecule has 0 aliphatic carbocycles. The quantitative estimate of drug-likeness (QED) is 0.844. The van der Waals surface area contributed by atoms with E-state index in [0.717, 1.165) is 5.56 Å². The Hall–Kier alpha value is -1.59. The topological polar surface area (TPSA) is 58.6 Å².